The van der Waals surface area contributed by atoms with Crippen LogP contribution in [0.15, 0.2) is 12.1 Å². The van der Waals surface area contributed by atoms with E-state index >= 15 is 0 Å². The standard InChI is InChI=1S/C20H27F3/c1-2-3-4-5-6-7-14-10-20(11-14)12-16(13-20)15-8-17(21)19(23)18(22)9-15/h8-9,14,16H,2-7,10-13H2,1H3. The van der Waals surface area contributed by atoms with Crippen molar-refractivity contribution in [1.29, 1.82) is 0 Å². The summed E-state index contributed by atoms with van der Waals surface area (Å²) in [4.78, 5) is 0. The molecule has 0 bridgehead atoms. The summed E-state index contributed by atoms with van der Waals surface area (Å²) in [6.07, 6.45) is 12.6. The number of hydrogen-bond donors (Lipinski definition) is 0. The third-order valence-corrected chi connectivity index (χ3v) is 6.00. The summed E-state index contributed by atoms with van der Waals surface area (Å²) >= 11 is 0. The first kappa shape index (κ1) is 16.9. The number of benzene rings is 1. The van der Waals surface area contributed by atoms with E-state index in [2.05, 4.69) is 6.92 Å². The fourth-order valence-corrected chi connectivity index (χ4v) is 4.77. The van der Waals surface area contributed by atoms with Crippen LogP contribution in [0.3, 0.4) is 0 Å². The highest BCUT2D eigenvalue weighted by molar-refractivity contribution is 5.27. The zero-order chi connectivity index (χ0) is 16.4. The van der Waals surface area contributed by atoms with Gasteiger partial charge in [-0.3, -0.25) is 0 Å². The molecule has 3 rings (SSSR count). The summed E-state index contributed by atoms with van der Waals surface area (Å²) in [5, 5.41) is 0. The highest BCUT2D eigenvalue weighted by Gasteiger charge is 2.52. The maximum absolute atomic E-state index is 13.3. The molecule has 1 aromatic rings. The Morgan fingerprint density at radius 2 is 1.52 bits per heavy atom. The molecule has 0 atom stereocenters. The zero-order valence-electron chi connectivity index (χ0n) is 14.0. The van der Waals surface area contributed by atoms with Crippen LogP contribution in [0.4, 0.5) is 13.2 Å². The molecule has 3 heteroatoms. The highest BCUT2D eigenvalue weighted by atomic mass is 19.2. The van der Waals surface area contributed by atoms with Crippen LogP contribution < -0.4 is 0 Å². The van der Waals surface area contributed by atoms with Gasteiger partial charge in [0.1, 0.15) is 0 Å². The SMILES string of the molecule is CCCCCCCC1CC2(C1)CC(c1cc(F)c(F)c(F)c1)C2. The van der Waals surface area contributed by atoms with Crippen LogP contribution >= 0.6 is 0 Å². The van der Waals surface area contributed by atoms with Gasteiger partial charge < -0.3 is 0 Å². The Bertz CT molecular complexity index is 515. The number of rotatable bonds is 7. The van der Waals surface area contributed by atoms with E-state index in [1.54, 1.807) is 0 Å². The van der Waals surface area contributed by atoms with Crippen molar-refractivity contribution >= 4 is 0 Å². The van der Waals surface area contributed by atoms with Gasteiger partial charge in [0.15, 0.2) is 17.5 Å². The first-order valence-corrected chi connectivity index (χ1v) is 9.17. The number of halogens is 3. The fourth-order valence-electron chi connectivity index (χ4n) is 4.77. The molecule has 0 radical (unpaired) electrons. The van der Waals surface area contributed by atoms with E-state index in [-0.39, 0.29) is 5.92 Å². The quantitative estimate of drug-likeness (QED) is 0.385. The van der Waals surface area contributed by atoms with Crippen molar-refractivity contribution in [3.63, 3.8) is 0 Å². The van der Waals surface area contributed by atoms with Crippen molar-refractivity contribution in [3.05, 3.63) is 35.1 Å². The molecule has 0 nitrogen and oxygen atoms in total. The molecule has 0 unspecified atom stereocenters. The largest absolute Gasteiger partial charge is 0.204 e. The number of unbranched alkanes of at least 4 members (excludes halogenated alkanes) is 4. The molecule has 2 fully saturated rings. The van der Waals surface area contributed by atoms with Gasteiger partial charge in [0, 0.05) is 0 Å². The van der Waals surface area contributed by atoms with Crippen molar-refractivity contribution < 1.29 is 13.2 Å². The van der Waals surface area contributed by atoms with Gasteiger partial charge in [-0.25, -0.2) is 13.2 Å². The molecule has 23 heavy (non-hydrogen) atoms. The molecule has 1 aromatic carbocycles. The van der Waals surface area contributed by atoms with Crippen LogP contribution in [0.5, 0.6) is 0 Å². The summed E-state index contributed by atoms with van der Waals surface area (Å²) in [7, 11) is 0. The third kappa shape index (κ3) is 3.59. The smallest absolute Gasteiger partial charge is 0.194 e. The molecule has 0 heterocycles. The summed E-state index contributed by atoms with van der Waals surface area (Å²) in [5.41, 5.74) is 1.06. The van der Waals surface area contributed by atoms with E-state index in [9.17, 15) is 13.2 Å². The van der Waals surface area contributed by atoms with Gasteiger partial charge in [-0.05, 0) is 60.6 Å². The molecule has 0 N–H and O–H groups in total. The Morgan fingerprint density at radius 3 is 2.13 bits per heavy atom. The van der Waals surface area contributed by atoms with E-state index in [0.717, 1.165) is 18.8 Å². The van der Waals surface area contributed by atoms with Gasteiger partial charge in [0.25, 0.3) is 0 Å². The van der Waals surface area contributed by atoms with Crippen molar-refractivity contribution in [2.45, 2.75) is 77.0 Å². The summed E-state index contributed by atoms with van der Waals surface area (Å²) in [6.45, 7) is 2.24. The third-order valence-electron chi connectivity index (χ3n) is 6.00. The minimum absolute atomic E-state index is 0.213. The minimum atomic E-state index is -1.35. The molecule has 0 aliphatic heterocycles. The lowest BCUT2D eigenvalue weighted by Crippen LogP contribution is -2.46. The fraction of sp³-hybridized carbons (Fsp3) is 0.700. The lowest BCUT2D eigenvalue weighted by Gasteiger charge is -2.58. The predicted molar refractivity (Wildman–Crippen MR) is 86.8 cm³/mol. The van der Waals surface area contributed by atoms with E-state index < -0.39 is 17.5 Å². The Labute approximate surface area is 137 Å². The minimum Gasteiger partial charge on any atom is -0.204 e. The molecule has 0 aromatic heterocycles. The van der Waals surface area contributed by atoms with E-state index in [4.69, 9.17) is 0 Å². The molecular formula is C20H27F3. The Balaban J connectivity index is 1.41. The van der Waals surface area contributed by atoms with Crippen LogP contribution in [-0.2, 0) is 0 Å². The average Bonchev–Trinajstić information content (AvgIpc) is 2.44. The summed E-state index contributed by atoms with van der Waals surface area (Å²) in [5.74, 6) is -2.39. The van der Waals surface area contributed by atoms with Crippen LogP contribution in [-0.4, -0.2) is 0 Å². The van der Waals surface area contributed by atoms with E-state index in [1.165, 1.54) is 63.5 Å². The van der Waals surface area contributed by atoms with Crippen molar-refractivity contribution in [2.24, 2.45) is 11.3 Å². The topological polar surface area (TPSA) is 0 Å². The molecule has 2 aliphatic rings. The van der Waals surface area contributed by atoms with Crippen LogP contribution in [0.1, 0.15) is 82.6 Å². The highest BCUT2D eigenvalue weighted by Crippen LogP contribution is 2.64. The first-order chi connectivity index (χ1) is 11.0. The lowest BCUT2D eigenvalue weighted by atomic mass is 9.47. The van der Waals surface area contributed by atoms with Crippen LogP contribution in [0.2, 0.25) is 0 Å². The monoisotopic (exact) mass is 324 g/mol. The second-order valence-corrected chi connectivity index (χ2v) is 7.88. The van der Waals surface area contributed by atoms with E-state index in [1.807, 2.05) is 0 Å². The molecule has 1 spiro atoms. The van der Waals surface area contributed by atoms with Gasteiger partial charge in [-0.15, -0.1) is 0 Å². The van der Waals surface area contributed by atoms with Gasteiger partial charge >= 0.3 is 0 Å². The van der Waals surface area contributed by atoms with Gasteiger partial charge in [0.05, 0.1) is 0 Å². The van der Waals surface area contributed by atoms with E-state index in [0.29, 0.717) is 11.0 Å². The lowest BCUT2D eigenvalue weighted by molar-refractivity contribution is -0.0453. The maximum atomic E-state index is 13.3. The van der Waals surface area contributed by atoms with Gasteiger partial charge in [-0.1, -0.05) is 45.4 Å². The van der Waals surface area contributed by atoms with Crippen molar-refractivity contribution in [3.8, 4) is 0 Å². The predicted octanol–water partition coefficient (Wildman–Crippen LogP) is 6.74. The summed E-state index contributed by atoms with van der Waals surface area (Å²) in [6, 6.07) is 2.36. The average molecular weight is 324 g/mol. The molecule has 128 valence electrons. The van der Waals surface area contributed by atoms with Gasteiger partial charge in [0.2, 0.25) is 0 Å². The second-order valence-electron chi connectivity index (χ2n) is 7.88. The zero-order valence-corrected chi connectivity index (χ0v) is 14.0. The molecule has 2 saturated carbocycles. The van der Waals surface area contributed by atoms with Crippen molar-refractivity contribution in [2.75, 3.05) is 0 Å². The molecule has 2 aliphatic carbocycles. The second kappa shape index (κ2) is 6.86. The van der Waals surface area contributed by atoms with Gasteiger partial charge in [-0.2, -0.15) is 0 Å². The molecular weight excluding hydrogens is 297 g/mol. The normalized spacial score (nSPS) is 29.4. The Hall–Kier alpha value is -0.990. The number of hydrogen-bond acceptors (Lipinski definition) is 0. The van der Waals surface area contributed by atoms with Crippen LogP contribution in [0, 0.1) is 28.8 Å². The van der Waals surface area contributed by atoms with Crippen LogP contribution in [0.25, 0.3) is 0 Å². The Morgan fingerprint density at radius 1 is 0.913 bits per heavy atom. The van der Waals surface area contributed by atoms with Crippen molar-refractivity contribution in [1.82, 2.24) is 0 Å². The Kier molecular flexibility index (Phi) is 5.03. The summed E-state index contributed by atoms with van der Waals surface area (Å²) < 4.78 is 39.7. The molecule has 0 amide bonds. The first-order valence-electron chi connectivity index (χ1n) is 9.17. The maximum Gasteiger partial charge on any atom is 0.194 e. The molecule has 0 saturated heterocycles.